The Balaban J connectivity index is 2.04. The molecule has 2 saturated carbocycles. The van der Waals surface area contributed by atoms with Crippen LogP contribution in [0.15, 0.2) is 0 Å². The molecule has 2 aliphatic rings. The summed E-state index contributed by atoms with van der Waals surface area (Å²) in [7, 11) is 0. The lowest BCUT2D eigenvalue weighted by atomic mass is 9.93. The first kappa shape index (κ1) is 10.9. The van der Waals surface area contributed by atoms with Gasteiger partial charge in [0.25, 0.3) is 0 Å². The zero-order valence-corrected chi connectivity index (χ0v) is 9.29. The van der Waals surface area contributed by atoms with Gasteiger partial charge in [-0.1, -0.05) is 0 Å². The quantitative estimate of drug-likeness (QED) is 0.642. The number of primary amides is 1. The van der Waals surface area contributed by atoms with Crippen molar-refractivity contribution >= 4 is 5.91 Å². The number of rotatable bonds is 7. The fourth-order valence-corrected chi connectivity index (χ4v) is 2.05. The second-order valence-electron chi connectivity index (χ2n) is 4.67. The molecule has 15 heavy (non-hydrogen) atoms. The summed E-state index contributed by atoms with van der Waals surface area (Å²) in [6, 6.07) is 0.485. The van der Waals surface area contributed by atoms with E-state index in [4.69, 9.17) is 10.5 Å². The third-order valence-electron chi connectivity index (χ3n) is 3.29. The Morgan fingerprint density at radius 2 is 2.13 bits per heavy atom. The van der Waals surface area contributed by atoms with E-state index in [2.05, 4.69) is 5.32 Å². The zero-order valence-electron chi connectivity index (χ0n) is 9.29. The molecule has 4 nitrogen and oxygen atoms in total. The first-order chi connectivity index (χ1) is 7.19. The van der Waals surface area contributed by atoms with E-state index in [9.17, 15) is 4.79 Å². The van der Waals surface area contributed by atoms with Crippen molar-refractivity contribution in [2.45, 2.75) is 44.2 Å². The predicted molar refractivity (Wildman–Crippen MR) is 57.3 cm³/mol. The van der Waals surface area contributed by atoms with E-state index in [0.29, 0.717) is 25.2 Å². The standard InChI is InChI=1S/C11H20N2O2/c1-2-15-7-11(10(12)14,8-3-4-8)13-9-5-6-9/h8-9,13H,2-7H2,1H3,(H2,12,14). The van der Waals surface area contributed by atoms with Gasteiger partial charge < -0.3 is 10.5 Å². The van der Waals surface area contributed by atoms with Crippen LogP contribution in [-0.2, 0) is 9.53 Å². The molecule has 2 rings (SSSR count). The SMILES string of the molecule is CCOCC(NC1CC1)(C(N)=O)C1CC1. The van der Waals surface area contributed by atoms with E-state index >= 15 is 0 Å². The highest BCUT2D eigenvalue weighted by molar-refractivity contribution is 5.86. The molecule has 3 N–H and O–H groups in total. The van der Waals surface area contributed by atoms with Gasteiger partial charge in [-0.05, 0) is 38.5 Å². The van der Waals surface area contributed by atoms with Crippen LogP contribution in [0.2, 0.25) is 0 Å². The minimum atomic E-state index is -0.586. The van der Waals surface area contributed by atoms with Gasteiger partial charge in [0.05, 0.1) is 6.61 Å². The summed E-state index contributed by atoms with van der Waals surface area (Å²) < 4.78 is 5.43. The molecule has 1 amide bonds. The smallest absolute Gasteiger partial charge is 0.240 e. The molecular formula is C11H20N2O2. The van der Waals surface area contributed by atoms with Crippen LogP contribution in [0.3, 0.4) is 0 Å². The van der Waals surface area contributed by atoms with Crippen molar-refractivity contribution in [1.82, 2.24) is 5.32 Å². The number of hydrogen-bond acceptors (Lipinski definition) is 3. The van der Waals surface area contributed by atoms with Gasteiger partial charge in [0, 0.05) is 12.6 Å². The van der Waals surface area contributed by atoms with Gasteiger partial charge in [-0.25, -0.2) is 0 Å². The summed E-state index contributed by atoms with van der Waals surface area (Å²) >= 11 is 0. The number of amides is 1. The largest absolute Gasteiger partial charge is 0.379 e. The number of hydrogen-bond donors (Lipinski definition) is 2. The molecule has 0 aromatic rings. The van der Waals surface area contributed by atoms with Gasteiger partial charge >= 0.3 is 0 Å². The Hall–Kier alpha value is -0.610. The molecule has 0 spiro atoms. The molecule has 0 bridgehead atoms. The maximum Gasteiger partial charge on any atom is 0.240 e. The molecule has 0 aliphatic heterocycles. The van der Waals surface area contributed by atoms with Crippen LogP contribution in [0.25, 0.3) is 0 Å². The second kappa shape index (κ2) is 4.10. The van der Waals surface area contributed by atoms with Crippen molar-refractivity contribution in [3.8, 4) is 0 Å². The molecule has 0 aromatic heterocycles. The van der Waals surface area contributed by atoms with Gasteiger partial charge in [0.1, 0.15) is 5.54 Å². The highest BCUT2D eigenvalue weighted by Gasteiger charge is 2.52. The average Bonchev–Trinajstić information content (AvgIpc) is 3.00. The number of nitrogens with one attached hydrogen (secondary N) is 1. The van der Waals surface area contributed by atoms with Crippen LogP contribution in [0, 0.1) is 5.92 Å². The predicted octanol–water partition coefficient (Wildman–Crippen LogP) is 0.409. The minimum absolute atomic E-state index is 0.245. The molecule has 0 radical (unpaired) electrons. The third-order valence-corrected chi connectivity index (χ3v) is 3.29. The van der Waals surface area contributed by atoms with Crippen LogP contribution < -0.4 is 11.1 Å². The fourth-order valence-electron chi connectivity index (χ4n) is 2.05. The van der Waals surface area contributed by atoms with E-state index < -0.39 is 5.54 Å². The zero-order chi connectivity index (χ0) is 10.9. The summed E-state index contributed by atoms with van der Waals surface area (Å²) in [5, 5.41) is 3.40. The molecule has 0 saturated heterocycles. The van der Waals surface area contributed by atoms with Crippen LogP contribution >= 0.6 is 0 Å². The maximum absolute atomic E-state index is 11.7. The number of carbonyl (C=O) groups excluding carboxylic acids is 1. The summed E-state index contributed by atoms with van der Waals surface area (Å²) in [5.74, 6) is 0.146. The molecular weight excluding hydrogens is 192 g/mol. The lowest BCUT2D eigenvalue weighted by Crippen LogP contribution is -2.61. The number of ether oxygens (including phenoxy) is 1. The van der Waals surface area contributed by atoms with E-state index in [1.807, 2.05) is 6.92 Å². The van der Waals surface area contributed by atoms with Gasteiger partial charge in [0.2, 0.25) is 5.91 Å². The Bertz CT molecular complexity index is 249. The van der Waals surface area contributed by atoms with Gasteiger partial charge in [-0.2, -0.15) is 0 Å². The Kier molecular flexibility index (Phi) is 2.98. The summed E-state index contributed by atoms with van der Waals surface area (Å²) in [4.78, 5) is 11.7. The van der Waals surface area contributed by atoms with Crippen molar-refractivity contribution in [2.75, 3.05) is 13.2 Å². The molecule has 86 valence electrons. The van der Waals surface area contributed by atoms with Gasteiger partial charge in [-0.3, -0.25) is 10.1 Å². The molecule has 0 heterocycles. The van der Waals surface area contributed by atoms with E-state index in [1.165, 1.54) is 0 Å². The molecule has 4 heteroatoms. The first-order valence-corrected chi connectivity index (χ1v) is 5.84. The van der Waals surface area contributed by atoms with Crippen LogP contribution in [0.5, 0.6) is 0 Å². The summed E-state index contributed by atoms with van der Waals surface area (Å²) in [6.07, 6.45) is 4.51. The number of carbonyl (C=O) groups is 1. The van der Waals surface area contributed by atoms with Crippen molar-refractivity contribution in [1.29, 1.82) is 0 Å². The monoisotopic (exact) mass is 212 g/mol. The van der Waals surface area contributed by atoms with E-state index in [0.717, 1.165) is 25.7 Å². The second-order valence-corrected chi connectivity index (χ2v) is 4.67. The third kappa shape index (κ3) is 2.32. The van der Waals surface area contributed by atoms with Crippen LogP contribution in [0.4, 0.5) is 0 Å². The first-order valence-electron chi connectivity index (χ1n) is 5.84. The number of nitrogens with two attached hydrogens (primary N) is 1. The summed E-state index contributed by atoms with van der Waals surface area (Å²) in [5.41, 5.74) is 4.96. The summed E-state index contributed by atoms with van der Waals surface area (Å²) in [6.45, 7) is 3.00. The normalized spacial score (nSPS) is 24.9. The Labute approximate surface area is 90.5 Å². The Morgan fingerprint density at radius 1 is 1.47 bits per heavy atom. The topological polar surface area (TPSA) is 64.3 Å². The highest BCUT2D eigenvalue weighted by Crippen LogP contribution is 2.41. The lowest BCUT2D eigenvalue weighted by Gasteiger charge is -2.31. The van der Waals surface area contributed by atoms with Crippen LogP contribution in [0.1, 0.15) is 32.6 Å². The molecule has 2 fully saturated rings. The minimum Gasteiger partial charge on any atom is -0.379 e. The Morgan fingerprint density at radius 3 is 2.53 bits per heavy atom. The van der Waals surface area contributed by atoms with Crippen molar-refractivity contribution in [3.05, 3.63) is 0 Å². The highest BCUT2D eigenvalue weighted by atomic mass is 16.5. The molecule has 1 atom stereocenters. The van der Waals surface area contributed by atoms with Gasteiger partial charge in [0.15, 0.2) is 0 Å². The van der Waals surface area contributed by atoms with E-state index in [-0.39, 0.29) is 5.91 Å². The molecule has 0 aromatic carbocycles. The van der Waals surface area contributed by atoms with E-state index in [1.54, 1.807) is 0 Å². The van der Waals surface area contributed by atoms with Crippen molar-refractivity contribution in [2.24, 2.45) is 11.7 Å². The lowest BCUT2D eigenvalue weighted by molar-refractivity contribution is -0.128. The van der Waals surface area contributed by atoms with Crippen molar-refractivity contribution in [3.63, 3.8) is 0 Å². The van der Waals surface area contributed by atoms with Crippen LogP contribution in [-0.4, -0.2) is 30.7 Å². The fraction of sp³-hybridized carbons (Fsp3) is 0.909. The van der Waals surface area contributed by atoms with Crippen molar-refractivity contribution < 1.29 is 9.53 Å². The maximum atomic E-state index is 11.7. The van der Waals surface area contributed by atoms with Gasteiger partial charge in [-0.15, -0.1) is 0 Å². The molecule has 1 unspecified atom stereocenters. The molecule has 2 aliphatic carbocycles. The average molecular weight is 212 g/mol.